The Morgan fingerprint density at radius 1 is 0.882 bits per heavy atom. The predicted molar refractivity (Wildman–Crippen MR) is 130 cm³/mol. The molecule has 0 unspecified atom stereocenters. The number of hydrogen-bond acceptors (Lipinski definition) is 5. The van der Waals surface area contributed by atoms with Crippen molar-refractivity contribution in [3.8, 4) is 0 Å². The topological polar surface area (TPSA) is 111 Å². The van der Waals surface area contributed by atoms with Crippen LogP contribution in [0, 0.1) is 0 Å². The molecule has 1 amide bonds. The summed E-state index contributed by atoms with van der Waals surface area (Å²) in [5, 5.41) is 24.3. The summed E-state index contributed by atoms with van der Waals surface area (Å²) in [6, 6.07) is 20.2. The van der Waals surface area contributed by atoms with Crippen LogP contribution in [-0.2, 0) is 4.79 Å². The Hall–Kier alpha value is -4.72. The molecule has 0 bridgehead atoms. The van der Waals surface area contributed by atoms with Crippen LogP contribution in [0.5, 0.6) is 0 Å². The van der Waals surface area contributed by atoms with Crippen LogP contribution in [0.1, 0.15) is 31.8 Å². The number of nitrogens with zero attached hydrogens (tertiary/aromatic N) is 3. The Labute approximate surface area is 195 Å². The van der Waals surface area contributed by atoms with Gasteiger partial charge in [0.05, 0.1) is 22.4 Å². The van der Waals surface area contributed by atoms with Gasteiger partial charge in [-0.15, -0.1) is 0 Å². The second-order valence-corrected chi connectivity index (χ2v) is 7.85. The molecule has 0 saturated carbocycles. The molecule has 0 atom stereocenters. The zero-order valence-corrected chi connectivity index (χ0v) is 18.5. The fourth-order valence-corrected chi connectivity index (χ4v) is 3.54. The minimum atomic E-state index is -1.31. The lowest BCUT2D eigenvalue weighted by atomic mass is 10.00. The molecule has 0 radical (unpaired) electrons. The number of carboxylic acids is 2. The van der Waals surface area contributed by atoms with Gasteiger partial charge in [0.15, 0.2) is 0 Å². The minimum absolute atomic E-state index is 0.0575. The summed E-state index contributed by atoms with van der Waals surface area (Å²) in [6.07, 6.45) is 1.72. The number of anilines is 2. The van der Waals surface area contributed by atoms with Gasteiger partial charge in [0, 0.05) is 25.3 Å². The molecule has 0 saturated heterocycles. The van der Waals surface area contributed by atoms with Crippen LogP contribution >= 0.6 is 0 Å². The quantitative estimate of drug-likeness (QED) is 0.544. The highest BCUT2D eigenvalue weighted by Crippen LogP contribution is 2.30. The maximum absolute atomic E-state index is 13.5. The highest BCUT2D eigenvalue weighted by atomic mass is 16.4. The third-order valence-electron chi connectivity index (χ3n) is 5.30. The van der Waals surface area contributed by atoms with E-state index < -0.39 is 17.8 Å². The van der Waals surface area contributed by atoms with Crippen LogP contribution < -0.4 is 9.91 Å². The number of hydrazone groups is 1. The zero-order chi connectivity index (χ0) is 24.4. The molecule has 8 nitrogen and oxygen atoms in total. The Balaban J connectivity index is 1.84. The van der Waals surface area contributed by atoms with Gasteiger partial charge >= 0.3 is 11.9 Å². The number of rotatable bonds is 6. The van der Waals surface area contributed by atoms with E-state index in [0.29, 0.717) is 16.8 Å². The van der Waals surface area contributed by atoms with Gasteiger partial charge in [-0.25, -0.2) is 9.59 Å². The summed E-state index contributed by atoms with van der Waals surface area (Å²) in [5.41, 5.74) is 2.74. The monoisotopic (exact) mass is 455 g/mol. The number of carboxylic acid groups (broad SMARTS) is 2. The average Bonchev–Trinajstić information content (AvgIpc) is 3.15. The summed E-state index contributed by atoms with van der Waals surface area (Å²) < 4.78 is 0. The van der Waals surface area contributed by atoms with Gasteiger partial charge in [-0.05, 0) is 42.0 Å². The van der Waals surface area contributed by atoms with Crippen molar-refractivity contribution in [1.82, 2.24) is 0 Å². The third-order valence-corrected chi connectivity index (χ3v) is 5.30. The molecular weight excluding hydrogens is 434 g/mol. The molecule has 2 N–H and O–H groups in total. The number of hydrogen-bond donors (Lipinski definition) is 2. The Morgan fingerprint density at radius 3 is 2.00 bits per heavy atom. The molecule has 170 valence electrons. The summed E-state index contributed by atoms with van der Waals surface area (Å²) in [5.74, 6) is -3.10. The highest BCUT2D eigenvalue weighted by Gasteiger charge is 2.33. The van der Waals surface area contributed by atoms with E-state index in [9.17, 15) is 24.6 Å². The van der Waals surface area contributed by atoms with Crippen LogP contribution in [0.4, 0.5) is 11.4 Å². The molecule has 3 aromatic rings. The molecule has 0 fully saturated rings. The first kappa shape index (κ1) is 22.5. The van der Waals surface area contributed by atoms with Crippen molar-refractivity contribution >= 4 is 41.0 Å². The van der Waals surface area contributed by atoms with Crippen LogP contribution in [-0.4, -0.2) is 47.9 Å². The second kappa shape index (κ2) is 9.03. The summed E-state index contributed by atoms with van der Waals surface area (Å²) in [4.78, 5) is 38.5. The first-order valence-electron chi connectivity index (χ1n) is 10.3. The number of amides is 1. The van der Waals surface area contributed by atoms with Crippen molar-refractivity contribution < 1.29 is 24.6 Å². The number of carbonyl (C=O) groups excluding carboxylic acids is 1. The molecule has 1 heterocycles. The summed E-state index contributed by atoms with van der Waals surface area (Å²) in [7, 11) is 3.87. The van der Waals surface area contributed by atoms with Gasteiger partial charge in [-0.1, -0.05) is 42.5 Å². The van der Waals surface area contributed by atoms with Crippen molar-refractivity contribution in [2.75, 3.05) is 24.0 Å². The largest absolute Gasteiger partial charge is 0.478 e. The van der Waals surface area contributed by atoms with E-state index in [1.165, 1.54) is 12.1 Å². The predicted octanol–water partition coefficient (Wildman–Crippen LogP) is 3.98. The molecule has 1 aliphatic heterocycles. The van der Waals surface area contributed by atoms with E-state index in [1.807, 2.05) is 73.6 Å². The van der Waals surface area contributed by atoms with Crippen molar-refractivity contribution in [3.63, 3.8) is 0 Å². The van der Waals surface area contributed by atoms with Crippen LogP contribution in [0.2, 0.25) is 0 Å². The fourth-order valence-electron chi connectivity index (χ4n) is 3.54. The molecule has 8 heteroatoms. The van der Waals surface area contributed by atoms with Crippen molar-refractivity contribution in [1.29, 1.82) is 0 Å². The second-order valence-electron chi connectivity index (χ2n) is 7.85. The molecule has 34 heavy (non-hydrogen) atoms. The van der Waals surface area contributed by atoms with Crippen LogP contribution in [0.25, 0.3) is 6.08 Å². The lowest BCUT2D eigenvalue weighted by Gasteiger charge is -2.13. The van der Waals surface area contributed by atoms with E-state index in [4.69, 9.17) is 0 Å². The smallest absolute Gasteiger partial charge is 0.335 e. The van der Waals surface area contributed by atoms with Crippen molar-refractivity contribution in [3.05, 3.63) is 101 Å². The maximum atomic E-state index is 13.5. The van der Waals surface area contributed by atoms with Gasteiger partial charge < -0.3 is 15.1 Å². The Kier molecular flexibility index (Phi) is 5.97. The SMILES string of the molecule is CN(C)c1ccc(C=C2C(=O)N(c3cc(C(=O)O)cc(C(=O)O)c3)N=C2c2ccccc2)cc1. The summed E-state index contributed by atoms with van der Waals surface area (Å²) in [6.45, 7) is 0. The Bertz CT molecular complexity index is 1310. The van der Waals surface area contributed by atoms with Gasteiger partial charge in [0.2, 0.25) is 0 Å². The average molecular weight is 455 g/mol. The highest BCUT2D eigenvalue weighted by molar-refractivity contribution is 6.37. The standard InChI is InChI=1S/C26H21N3O5/c1-28(2)20-10-8-16(9-11-20)12-22-23(17-6-4-3-5-7-17)27-29(24(22)30)21-14-18(25(31)32)13-19(15-21)26(33)34/h3-15H,1-2H3,(H,31,32)(H,33,34). The first-order valence-corrected chi connectivity index (χ1v) is 10.3. The number of aromatic carboxylic acids is 2. The molecule has 0 aromatic heterocycles. The van der Waals surface area contributed by atoms with E-state index in [2.05, 4.69) is 5.10 Å². The van der Waals surface area contributed by atoms with E-state index in [0.717, 1.165) is 22.3 Å². The van der Waals surface area contributed by atoms with Gasteiger partial charge in [0.25, 0.3) is 5.91 Å². The van der Waals surface area contributed by atoms with Gasteiger partial charge in [-0.2, -0.15) is 10.1 Å². The van der Waals surface area contributed by atoms with Gasteiger partial charge in [-0.3, -0.25) is 4.79 Å². The molecule has 4 rings (SSSR count). The minimum Gasteiger partial charge on any atom is -0.478 e. The number of benzene rings is 3. The van der Waals surface area contributed by atoms with Crippen molar-refractivity contribution in [2.45, 2.75) is 0 Å². The number of carbonyl (C=O) groups is 3. The van der Waals surface area contributed by atoms with Crippen LogP contribution in [0.3, 0.4) is 0 Å². The maximum Gasteiger partial charge on any atom is 0.335 e. The van der Waals surface area contributed by atoms with Crippen LogP contribution in [0.15, 0.2) is 83.5 Å². The van der Waals surface area contributed by atoms with E-state index in [-0.39, 0.29) is 16.8 Å². The molecule has 1 aliphatic rings. The lowest BCUT2D eigenvalue weighted by Crippen LogP contribution is -2.22. The Morgan fingerprint density at radius 2 is 1.47 bits per heavy atom. The van der Waals surface area contributed by atoms with E-state index in [1.54, 1.807) is 6.08 Å². The molecule has 0 aliphatic carbocycles. The van der Waals surface area contributed by atoms with Crippen molar-refractivity contribution in [2.24, 2.45) is 5.10 Å². The zero-order valence-electron chi connectivity index (χ0n) is 18.5. The normalized spacial score (nSPS) is 14.3. The van der Waals surface area contributed by atoms with E-state index >= 15 is 0 Å². The fraction of sp³-hybridized carbons (Fsp3) is 0.0769. The molecule has 3 aromatic carbocycles. The van der Waals surface area contributed by atoms with Gasteiger partial charge in [0.1, 0.15) is 5.71 Å². The lowest BCUT2D eigenvalue weighted by molar-refractivity contribution is -0.114. The summed E-state index contributed by atoms with van der Waals surface area (Å²) >= 11 is 0. The molecule has 0 spiro atoms. The first-order chi connectivity index (χ1) is 16.2. The molecular formula is C26H21N3O5. The third kappa shape index (κ3) is 4.42.